The Balaban J connectivity index is 1.23. The number of nitrogens with zero attached hydrogens (tertiary/aromatic N) is 2. The molecular formula is C19H29N3O2. The van der Waals surface area contributed by atoms with Crippen LogP contribution in [-0.4, -0.2) is 54.0 Å². The lowest BCUT2D eigenvalue weighted by Crippen LogP contribution is -2.34. The topological polar surface area (TPSA) is 52.7 Å². The molecule has 5 nitrogen and oxygen atoms in total. The van der Waals surface area contributed by atoms with Gasteiger partial charge in [-0.3, -0.25) is 9.69 Å². The van der Waals surface area contributed by atoms with Crippen molar-refractivity contribution >= 4 is 11.9 Å². The first-order valence-corrected chi connectivity index (χ1v) is 9.45. The highest BCUT2D eigenvalue weighted by Gasteiger charge is 2.46. The van der Waals surface area contributed by atoms with Crippen LogP contribution < -0.4 is 5.32 Å². The summed E-state index contributed by atoms with van der Waals surface area (Å²) in [5, 5.41) is 3.46. The van der Waals surface area contributed by atoms with Crippen molar-refractivity contribution in [1.29, 1.82) is 0 Å². The molecule has 0 aromatic rings. The quantitative estimate of drug-likeness (QED) is 0.522. The maximum absolute atomic E-state index is 12.2. The van der Waals surface area contributed by atoms with Gasteiger partial charge in [0.25, 0.3) is 5.91 Å². The number of allylic oxidation sites excluding steroid dienone is 4. The number of unbranched alkanes of at least 4 members (excludes halogenated alkanes) is 1. The van der Waals surface area contributed by atoms with E-state index in [2.05, 4.69) is 23.5 Å². The van der Waals surface area contributed by atoms with Crippen LogP contribution in [0.2, 0.25) is 0 Å². The molecule has 1 atom stereocenters. The zero-order valence-corrected chi connectivity index (χ0v) is 14.5. The van der Waals surface area contributed by atoms with Crippen LogP contribution in [0, 0.1) is 0 Å². The van der Waals surface area contributed by atoms with E-state index >= 15 is 0 Å². The Labute approximate surface area is 144 Å². The van der Waals surface area contributed by atoms with Crippen LogP contribution in [0.1, 0.15) is 51.4 Å². The van der Waals surface area contributed by atoms with Gasteiger partial charge in [0.05, 0.1) is 0 Å². The molecule has 1 aliphatic carbocycles. The van der Waals surface area contributed by atoms with E-state index in [-0.39, 0.29) is 18.0 Å². The van der Waals surface area contributed by atoms with Gasteiger partial charge >= 0.3 is 6.03 Å². The Morgan fingerprint density at radius 1 is 1.12 bits per heavy atom. The second kappa shape index (κ2) is 8.47. The van der Waals surface area contributed by atoms with Crippen molar-refractivity contribution in [2.24, 2.45) is 0 Å². The van der Waals surface area contributed by atoms with Crippen LogP contribution in [-0.2, 0) is 4.79 Å². The highest BCUT2D eigenvalue weighted by atomic mass is 16.2. The van der Waals surface area contributed by atoms with Crippen molar-refractivity contribution in [3.05, 3.63) is 23.8 Å². The molecular weight excluding hydrogens is 302 g/mol. The van der Waals surface area contributed by atoms with Gasteiger partial charge in [-0.15, -0.1) is 0 Å². The van der Waals surface area contributed by atoms with Crippen LogP contribution in [0.25, 0.3) is 0 Å². The third-order valence-corrected chi connectivity index (χ3v) is 5.16. The number of carbonyl (C=O) groups is 2. The lowest BCUT2D eigenvalue weighted by molar-refractivity contribution is -0.128. The van der Waals surface area contributed by atoms with Gasteiger partial charge in [-0.25, -0.2) is 4.79 Å². The molecule has 0 aromatic carbocycles. The molecule has 0 aromatic heterocycles. The molecule has 0 saturated carbocycles. The maximum Gasteiger partial charge on any atom is 0.327 e. The minimum absolute atomic E-state index is 0.0271. The maximum atomic E-state index is 12.2. The molecule has 2 fully saturated rings. The van der Waals surface area contributed by atoms with E-state index in [1.807, 2.05) is 0 Å². The third kappa shape index (κ3) is 4.07. The SMILES string of the molecule is O=C1C2CCCN2C(=O)N1CCCCNCCCC1=CCCC=C1. The molecule has 2 saturated heterocycles. The number of rotatable bonds is 9. The van der Waals surface area contributed by atoms with Crippen molar-refractivity contribution in [2.75, 3.05) is 26.2 Å². The monoisotopic (exact) mass is 331 g/mol. The predicted molar refractivity (Wildman–Crippen MR) is 94.6 cm³/mol. The van der Waals surface area contributed by atoms with E-state index in [0.717, 1.165) is 58.2 Å². The molecule has 5 heteroatoms. The van der Waals surface area contributed by atoms with Gasteiger partial charge in [0.2, 0.25) is 0 Å². The molecule has 2 heterocycles. The summed E-state index contributed by atoms with van der Waals surface area (Å²) in [5.74, 6) is 0.0271. The fraction of sp³-hybridized carbons (Fsp3) is 0.684. The highest BCUT2D eigenvalue weighted by Crippen LogP contribution is 2.27. The molecule has 0 spiro atoms. The van der Waals surface area contributed by atoms with E-state index in [9.17, 15) is 9.59 Å². The molecule has 1 unspecified atom stereocenters. The highest BCUT2D eigenvalue weighted by molar-refractivity contribution is 6.04. The Bertz CT molecular complexity index is 505. The van der Waals surface area contributed by atoms with E-state index in [0.29, 0.717) is 6.54 Å². The van der Waals surface area contributed by atoms with Gasteiger partial charge in [-0.05, 0) is 64.5 Å². The summed E-state index contributed by atoms with van der Waals surface area (Å²) in [4.78, 5) is 27.6. The lowest BCUT2D eigenvalue weighted by atomic mass is 10.0. The average molecular weight is 331 g/mol. The molecule has 2 aliphatic heterocycles. The van der Waals surface area contributed by atoms with Crippen LogP contribution in [0.3, 0.4) is 0 Å². The molecule has 132 valence electrons. The molecule has 0 radical (unpaired) electrons. The minimum atomic E-state index is -0.154. The summed E-state index contributed by atoms with van der Waals surface area (Å²) in [5.41, 5.74) is 1.47. The number of hydrogen-bond donors (Lipinski definition) is 1. The summed E-state index contributed by atoms with van der Waals surface area (Å²) in [7, 11) is 0. The van der Waals surface area contributed by atoms with Crippen molar-refractivity contribution < 1.29 is 9.59 Å². The largest absolute Gasteiger partial charge is 0.327 e. The van der Waals surface area contributed by atoms with E-state index < -0.39 is 0 Å². The number of amides is 3. The van der Waals surface area contributed by atoms with Gasteiger partial charge in [0.15, 0.2) is 0 Å². The number of hydrogen-bond acceptors (Lipinski definition) is 3. The Kier molecular flexibility index (Phi) is 6.07. The molecule has 1 N–H and O–H groups in total. The van der Waals surface area contributed by atoms with Crippen molar-refractivity contribution in [3.8, 4) is 0 Å². The summed E-state index contributed by atoms with van der Waals surface area (Å²) < 4.78 is 0. The predicted octanol–water partition coefficient (Wildman–Crippen LogP) is 2.84. The Hall–Kier alpha value is -1.62. The second-order valence-electron chi connectivity index (χ2n) is 6.94. The standard InChI is InChI=1S/C19H29N3O2/c23-18-17-11-7-15-21(17)19(24)22(18)14-5-4-12-20-13-6-10-16-8-2-1-3-9-16/h2,8-9,17,20H,1,3-7,10-15H2. The van der Waals surface area contributed by atoms with Crippen molar-refractivity contribution in [3.63, 3.8) is 0 Å². The van der Waals surface area contributed by atoms with Gasteiger partial charge < -0.3 is 10.2 Å². The van der Waals surface area contributed by atoms with Crippen molar-refractivity contribution in [2.45, 2.75) is 57.4 Å². The summed E-state index contributed by atoms with van der Waals surface area (Å²) in [6, 6.07) is -0.219. The average Bonchev–Trinajstić information content (AvgIpc) is 3.17. The van der Waals surface area contributed by atoms with Crippen molar-refractivity contribution in [1.82, 2.24) is 15.1 Å². The normalized spacial score (nSPS) is 23.2. The first-order chi connectivity index (χ1) is 11.8. The van der Waals surface area contributed by atoms with Gasteiger partial charge in [0, 0.05) is 13.1 Å². The molecule has 3 amide bonds. The fourth-order valence-corrected chi connectivity index (χ4v) is 3.80. The molecule has 3 rings (SSSR count). The second-order valence-corrected chi connectivity index (χ2v) is 6.94. The lowest BCUT2D eigenvalue weighted by Gasteiger charge is -2.15. The third-order valence-electron chi connectivity index (χ3n) is 5.16. The molecule has 24 heavy (non-hydrogen) atoms. The summed E-state index contributed by atoms with van der Waals surface area (Å²) in [6.45, 7) is 3.31. The summed E-state index contributed by atoms with van der Waals surface area (Å²) in [6.07, 6.45) is 15.2. The molecule has 3 aliphatic rings. The van der Waals surface area contributed by atoms with Crippen LogP contribution in [0.15, 0.2) is 23.8 Å². The first kappa shape index (κ1) is 17.2. The zero-order chi connectivity index (χ0) is 16.8. The Morgan fingerprint density at radius 2 is 2.00 bits per heavy atom. The van der Waals surface area contributed by atoms with Gasteiger partial charge in [0.1, 0.15) is 6.04 Å². The number of urea groups is 1. The number of imide groups is 1. The van der Waals surface area contributed by atoms with E-state index in [4.69, 9.17) is 0 Å². The number of nitrogens with one attached hydrogen (secondary N) is 1. The summed E-state index contributed by atoms with van der Waals surface area (Å²) >= 11 is 0. The minimum Gasteiger partial charge on any atom is -0.317 e. The van der Waals surface area contributed by atoms with Crippen LogP contribution in [0.5, 0.6) is 0 Å². The van der Waals surface area contributed by atoms with Gasteiger partial charge in [-0.1, -0.05) is 23.8 Å². The molecule has 0 bridgehead atoms. The Morgan fingerprint density at radius 3 is 2.79 bits per heavy atom. The van der Waals surface area contributed by atoms with E-state index in [1.54, 1.807) is 4.90 Å². The first-order valence-electron chi connectivity index (χ1n) is 9.45. The fourth-order valence-electron chi connectivity index (χ4n) is 3.80. The zero-order valence-electron chi connectivity index (χ0n) is 14.5. The van der Waals surface area contributed by atoms with Crippen LogP contribution >= 0.6 is 0 Å². The number of fused-ring (bicyclic) bond motifs is 1. The number of carbonyl (C=O) groups excluding carboxylic acids is 2. The van der Waals surface area contributed by atoms with Gasteiger partial charge in [-0.2, -0.15) is 0 Å². The van der Waals surface area contributed by atoms with E-state index in [1.165, 1.54) is 23.3 Å². The smallest absolute Gasteiger partial charge is 0.317 e. The van der Waals surface area contributed by atoms with Crippen LogP contribution in [0.4, 0.5) is 4.79 Å².